The van der Waals surface area contributed by atoms with Gasteiger partial charge in [0.05, 0.1) is 4.90 Å². The number of benzene rings is 1. The van der Waals surface area contributed by atoms with Gasteiger partial charge in [0.1, 0.15) is 0 Å². The molecule has 26 heavy (non-hydrogen) atoms. The number of amides is 1. The van der Waals surface area contributed by atoms with Crippen molar-refractivity contribution in [1.29, 1.82) is 0 Å². The molecule has 0 saturated carbocycles. The largest absolute Gasteiger partial charge is 0.348 e. The van der Waals surface area contributed by atoms with Gasteiger partial charge in [-0.2, -0.15) is 4.98 Å². The quantitative estimate of drug-likeness (QED) is 0.696. The van der Waals surface area contributed by atoms with E-state index in [1.807, 2.05) is 0 Å². The first-order chi connectivity index (χ1) is 12.5. The minimum Gasteiger partial charge on any atom is -0.348 e. The second-order valence-electron chi connectivity index (χ2n) is 6.12. The van der Waals surface area contributed by atoms with Gasteiger partial charge in [-0.25, -0.2) is 12.7 Å². The topological polar surface area (TPSA) is 117 Å². The minimum absolute atomic E-state index is 0.0698. The number of hydrogen-bond donors (Lipinski definition) is 2. The van der Waals surface area contributed by atoms with Crippen LogP contribution in [0.3, 0.4) is 0 Å². The molecule has 1 atom stereocenters. The SMILES string of the molecule is CN(CCc1ncon1)S(=O)(=O)c1cccc(C(=O)N[C@H]2CCNC2)c1. The zero-order chi connectivity index (χ0) is 18.6. The highest BCUT2D eigenvalue weighted by Gasteiger charge is 2.23. The fraction of sp³-hybridized carbons (Fsp3) is 0.438. The Labute approximate surface area is 151 Å². The van der Waals surface area contributed by atoms with E-state index in [0.717, 1.165) is 19.5 Å². The van der Waals surface area contributed by atoms with Crippen molar-refractivity contribution in [2.75, 3.05) is 26.7 Å². The lowest BCUT2D eigenvalue weighted by Gasteiger charge is -2.17. The molecule has 9 nitrogen and oxygen atoms in total. The molecular formula is C16H21N5O4S. The molecule has 1 amide bonds. The standard InChI is InChI=1S/C16H21N5O4S/c1-21(8-6-15-18-11-25-20-15)26(23,24)14-4-2-3-12(9-14)16(22)19-13-5-7-17-10-13/h2-4,9,11,13,17H,5-8,10H2,1H3,(H,19,22)/t13-/m0/s1. The highest BCUT2D eigenvalue weighted by atomic mass is 32.2. The highest BCUT2D eigenvalue weighted by molar-refractivity contribution is 7.89. The highest BCUT2D eigenvalue weighted by Crippen LogP contribution is 2.16. The number of sulfonamides is 1. The average Bonchev–Trinajstić information content (AvgIpc) is 3.33. The maximum absolute atomic E-state index is 12.7. The Morgan fingerprint density at radius 3 is 3.00 bits per heavy atom. The molecule has 1 aliphatic rings. The molecule has 2 heterocycles. The van der Waals surface area contributed by atoms with Crippen LogP contribution in [-0.4, -0.2) is 61.5 Å². The second kappa shape index (κ2) is 7.94. The third-order valence-corrected chi connectivity index (χ3v) is 6.11. The third kappa shape index (κ3) is 4.26. The molecule has 1 aromatic heterocycles. The molecule has 2 N–H and O–H groups in total. The smallest absolute Gasteiger partial charge is 0.251 e. The van der Waals surface area contributed by atoms with Crippen molar-refractivity contribution in [2.24, 2.45) is 0 Å². The van der Waals surface area contributed by atoms with E-state index in [1.54, 1.807) is 12.1 Å². The van der Waals surface area contributed by atoms with Crippen LogP contribution < -0.4 is 10.6 Å². The van der Waals surface area contributed by atoms with Crippen LogP contribution in [0.1, 0.15) is 22.6 Å². The van der Waals surface area contributed by atoms with Crippen LogP contribution in [0.25, 0.3) is 0 Å². The summed E-state index contributed by atoms with van der Waals surface area (Å²) in [6.45, 7) is 1.79. The summed E-state index contributed by atoms with van der Waals surface area (Å²) in [6, 6.07) is 6.13. The average molecular weight is 379 g/mol. The van der Waals surface area contributed by atoms with Gasteiger partial charge >= 0.3 is 0 Å². The first kappa shape index (κ1) is 18.5. The van der Waals surface area contributed by atoms with E-state index < -0.39 is 10.0 Å². The van der Waals surface area contributed by atoms with Crippen molar-refractivity contribution in [3.05, 3.63) is 42.0 Å². The van der Waals surface area contributed by atoms with Gasteiger partial charge in [-0.1, -0.05) is 11.2 Å². The maximum atomic E-state index is 12.7. The lowest BCUT2D eigenvalue weighted by atomic mass is 10.2. The van der Waals surface area contributed by atoms with Crippen LogP contribution in [0, 0.1) is 0 Å². The molecule has 140 valence electrons. The fourth-order valence-electron chi connectivity index (χ4n) is 2.70. The van der Waals surface area contributed by atoms with Gasteiger partial charge in [0.25, 0.3) is 5.91 Å². The summed E-state index contributed by atoms with van der Waals surface area (Å²) in [4.78, 5) is 16.3. The summed E-state index contributed by atoms with van der Waals surface area (Å²) in [5.74, 6) is 0.163. The van der Waals surface area contributed by atoms with E-state index in [1.165, 1.54) is 29.9 Å². The number of aromatic nitrogens is 2. The van der Waals surface area contributed by atoms with Crippen LogP contribution in [-0.2, 0) is 16.4 Å². The van der Waals surface area contributed by atoms with Crippen LogP contribution in [0.2, 0.25) is 0 Å². The Morgan fingerprint density at radius 1 is 1.46 bits per heavy atom. The number of carbonyl (C=O) groups excluding carboxylic acids is 1. The Bertz CT molecular complexity index is 847. The molecule has 3 rings (SSSR count). The summed E-state index contributed by atoms with van der Waals surface area (Å²) in [5.41, 5.74) is 0.324. The van der Waals surface area contributed by atoms with Crippen LogP contribution in [0.4, 0.5) is 0 Å². The Morgan fingerprint density at radius 2 is 2.31 bits per heavy atom. The van der Waals surface area contributed by atoms with Gasteiger partial charge in [-0.15, -0.1) is 0 Å². The zero-order valence-corrected chi connectivity index (χ0v) is 15.2. The normalized spacial score (nSPS) is 17.5. The fourth-order valence-corrected chi connectivity index (χ4v) is 3.92. The van der Waals surface area contributed by atoms with Crippen LogP contribution in [0.15, 0.2) is 40.1 Å². The molecule has 0 spiro atoms. The summed E-state index contributed by atoms with van der Waals surface area (Å²) < 4.78 is 31.3. The first-order valence-corrected chi connectivity index (χ1v) is 9.74. The van der Waals surface area contributed by atoms with Crippen molar-refractivity contribution in [1.82, 2.24) is 25.1 Å². The van der Waals surface area contributed by atoms with Gasteiger partial charge in [-0.3, -0.25) is 4.79 Å². The molecule has 0 radical (unpaired) electrons. The van der Waals surface area contributed by atoms with Crippen molar-refractivity contribution in [3.8, 4) is 0 Å². The minimum atomic E-state index is -3.72. The molecule has 2 aromatic rings. The number of nitrogens with zero attached hydrogens (tertiary/aromatic N) is 3. The predicted octanol–water partition coefficient (Wildman–Crippen LogP) is 0.0245. The van der Waals surface area contributed by atoms with Crippen molar-refractivity contribution in [3.63, 3.8) is 0 Å². The van der Waals surface area contributed by atoms with Crippen molar-refractivity contribution >= 4 is 15.9 Å². The molecule has 1 fully saturated rings. The summed E-state index contributed by atoms with van der Waals surface area (Å²) in [7, 11) is -2.24. The summed E-state index contributed by atoms with van der Waals surface area (Å²) >= 11 is 0. The maximum Gasteiger partial charge on any atom is 0.251 e. The molecule has 0 bridgehead atoms. The number of rotatable bonds is 7. The lowest BCUT2D eigenvalue weighted by molar-refractivity contribution is 0.0940. The molecule has 1 saturated heterocycles. The zero-order valence-electron chi connectivity index (χ0n) is 14.4. The van der Waals surface area contributed by atoms with E-state index in [9.17, 15) is 13.2 Å². The molecular weight excluding hydrogens is 358 g/mol. The molecule has 1 aliphatic heterocycles. The van der Waals surface area contributed by atoms with E-state index in [0.29, 0.717) is 17.8 Å². The van der Waals surface area contributed by atoms with Gasteiger partial charge in [-0.05, 0) is 31.2 Å². The van der Waals surface area contributed by atoms with Crippen LogP contribution >= 0.6 is 0 Å². The molecule has 10 heteroatoms. The Hall–Kier alpha value is -2.30. The molecule has 0 unspecified atom stereocenters. The van der Waals surface area contributed by atoms with E-state index in [-0.39, 0.29) is 23.4 Å². The van der Waals surface area contributed by atoms with Gasteiger partial charge < -0.3 is 15.2 Å². The van der Waals surface area contributed by atoms with Gasteiger partial charge in [0.15, 0.2) is 5.82 Å². The summed E-state index contributed by atoms with van der Waals surface area (Å²) in [5, 5.41) is 9.74. The number of hydrogen-bond acceptors (Lipinski definition) is 7. The lowest BCUT2D eigenvalue weighted by Crippen LogP contribution is -2.36. The third-order valence-electron chi connectivity index (χ3n) is 4.26. The monoisotopic (exact) mass is 379 g/mol. The number of carbonyl (C=O) groups is 1. The number of nitrogens with one attached hydrogen (secondary N) is 2. The summed E-state index contributed by atoms with van der Waals surface area (Å²) in [6.07, 6.45) is 2.40. The van der Waals surface area contributed by atoms with E-state index in [2.05, 4.69) is 25.3 Å². The Balaban J connectivity index is 1.69. The number of likely N-dealkylation sites (N-methyl/N-ethyl adjacent to an activating group) is 1. The Kier molecular flexibility index (Phi) is 5.64. The van der Waals surface area contributed by atoms with Crippen molar-refractivity contribution in [2.45, 2.75) is 23.8 Å². The van der Waals surface area contributed by atoms with Crippen molar-refractivity contribution < 1.29 is 17.7 Å². The first-order valence-electron chi connectivity index (χ1n) is 8.30. The molecule has 1 aromatic carbocycles. The van der Waals surface area contributed by atoms with Gasteiger partial charge in [0, 0.05) is 38.2 Å². The van der Waals surface area contributed by atoms with Crippen LogP contribution in [0.5, 0.6) is 0 Å². The van der Waals surface area contributed by atoms with E-state index in [4.69, 9.17) is 0 Å². The predicted molar refractivity (Wildman–Crippen MR) is 93.0 cm³/mol. The van der Waals surface area contributed by atoms with E-state index >= 15 is 0 Å². The van der Waals surface area contributed by atoms with Gasteiger partial charge in [0.2, 0.25) is 16.4 Å². The molecule has 0 aliphatic carbocycles. The second-order valence-corrected chi connectivity index (χ2v) is 8.16.